The van der Waals surface area contributed by atoms with Gasteiger partial charge in [-0.1, -0.05) is 71.4 Å². The summed E-state index contributed by atoms with van der Waals surface area (Å²) in [5, 5.41) is 0. The van der Waals surface area contributed by atoms with Gasteiger partial charge < -0.3 is 0 Å². The van der Waals surface area contributed by atoms with E-state index in [1.807, 2.05) is 84.9 Å². The predicted molar refractivity (Wildman–Crippen MR) is 127 cm³/mol. The van der Waals surface area contributed by atoms with Crippen LogP contribution in [-0.2, 0) is 16.6 Å². The van der Waals surface area contributed by atoms with E-state index in [1.165, 1.54) is 12.3 Å². The lowest BCUT2D eigenvalue weighted by atomic mass is 9.71. The molecule has 2 heterocycles. The number of quaternary nitrogens is 1. The zero-order valence-corrected chi connectivity index (χ0v) is 18.2. The molecule has 1 amide bonds. The number of pyridine rings is 1. The van der Waals surface area contributed by atoms with Gasteiger partial charge in [0.25, 0.3) is 0 Å². The number of para-hydroxylation sites is 2. The van der Waals surface area contributed by atoms with Crippen LogP contribution in [0.5, 0.6) is 0 Å². The highest BCUT2D eigenvalue weighted by atomic mass is 19.1. The average molecular weight is 440 g/mol. The van der Waals surface area contributed by atoms with Crippen LogP contribution < -0.4 is 15.6 Å². The highest BCUT2D eigenvalue weighted by molar-refractivity contribution is 6.07. The van der Waals surface area contributed by atoms with Crippen LogP contribution in [0.4, 0.5) is 15.8 Å². The Hall–Kier alpha value is -3.87. The second-order valence-electron chi connectivity index (χ2n) is 8.13. The molecule has 0 spiro atoms. The van der Waals surface area contributed by atoms with Crippen LogP contribution in [0.25, 0.3) is 0 Å². The molecule has 5 rings (SSSR count). The Kier molecular flexibility index (Phi) is 5.24. The molecule has 0 bridgehead atoms. The molecule has 0 aliphatic carbocycles. The molecule has 3 aromatic carbocycles. The van der Waals surface area contributed by atoms with Crippen molar-refractivity contribution >= 4 is 17.3 Å². The van der Waals surface area contributed by atoms with E-state index in [1.54, 1.807) is 13.1 Å². The Morgan fingerprint density at radius 3 is 2.27 bits per heavy atom. The van der Waals surface area contributed by atoms with Gasteiger partial charge in [0.2, 0.25) is 5.95 Å². The number of fused-ring (bicyclic) bond motifs is 1. The van der Waals surface area contributed by atoms with Crippen molar-refractivity contribution in [3.63, 3.8) is 0 Å². The SMILES string of the molecule is CN[N+]1(Nc2ccccc2)C(=O)C(Cc2ccnc(F)c2)(c2ccccc2)c2ccccc21. The smallest absolute Gasteiger partial charge is 0.228 e. The number of rotatable bonds is 6. The molecule has 2 unspecified atom stereocenters. The number of nitrogens with one attached hydrogen (secondary N) is 2. The van der Waals surface area contributed by atoms with Gasteiger partial charge in [0.1, 0.15) is 5.41 Å². The summed E-state index contributed by atoms with van der Waals surface area (Å²) in [5.74, 6) is -0.662. The van der Waals surface area contributed by atoms with Crippen LogP contribution in [0.1, 0.15) is 16.7 Å². The van der Waals surface area contributed by atoms with Crippen LogP contribution in [0.15, 0.2) is 103 Å². The van der Waals surface area contributed by atoms with E-state index in [0.717, 1.165) is 22.5 Å². The zero-order chi connectivity index (χ0) is 22.9. The minimum atomic E-state index is -1.05. The maximum atomic E-state index is 14.7. The van der Waals surface area contributed by atoms with Gasteiger partial charge in [0.15, 0.2) is 5.69 Å². The standard InChI is InChI=1S/C27H24FN4O/c1-29-32(31-22-12-6-3-7-13-22)24-15-9-8-14-23(24)27(26(32)33,21-10-4-2-5-11-21)19-20-16-17-30-25(28)18-20/h2-18,29,31H,19H2,1H3/q+1. The molecule has 1 aliphatic heterocycles. The maximum Gasteiger partial charge on any atom is 0.378 e. The lowest BCUT2D eigenvalue weighted by Gasteiger charge is -2.33. The van der Waals surface area contributed by atoms with Crippen molar-refractivity contribution in [2.45, 2.75) is 11.8 Å². The normalized spacial score (nSPS) is 21.6. The molecule has 1 aliphatic rings. The van der Waals surface area contributed by atoms with Crippen molar-refractivity contribution in [1.29, 1.82) is 0 Å². The topological polar surface area (TPSA) is 54.0 Å². The third kappa shape index (κ3) is 3.31. The largest absolute Gasteiger partial charge is 0.378 e. The van der Waals surface area contributed by atoms with Gasteiger partial charge >= 0.3 is 5.91 Å². The number of benzene rings is 3. The Balaban J connectivity index is 1.76. The van der Waals surface area contributed by atoms with Gasteiger partial charge in [-0.15, -0.1) is 5.43 Å². The predicted octanol–water partition coefficient (Wildman–Crippen LogP) is 4.76. The van der Waals surface area contributed by atoms with Gasteiger partial charge in [-0.3, -0.25) is 0 Å². The van der Waals surface area contributed by atoms with Crippen molar-refractivity contribution < 1.29 is 9.18 Å². The molecular weight excluding hydrogens is 415 g/mol. The van der Waals surface area contributed by atoms with Gasteiger partial charge in [0, 0.05) is 24.9 Å². The van der Waals surface area contributed by atoms with Gasteiger partial charge in [0.05, 0.1) is 5.69 Å². The van der Waals surface area contributed by atoms with Crippen LogP contribution >= 0.6 is 0 Å². The van der Waals surface area contributed by atoms with Crippen molar-refractivity contribution in [2.24, 2.45) is 0 Å². The van der Waals surface area contributed by atoms with E-state index in [2.05, 4.69) is 15.8 Å². The highest BCUT2D eigenvalue weighted by Crippen LogP contribution is 2.50. The first kappa shape index (κ1) is 21.0. The highest BCUT2D eigenvalue weighted by Gasteiger charge is 2.64. The number of hydrogen-bond donors (Lipinski definition) is 2. The summed E-state index contributed by atoms with van der Waals surface area (Å²) < 4.78 is 13.8. The molecule has 33 heavy (non-hydrogen) atoms. The van der Waals surface area contributed by atoms with Gasteiger partial charge in [-0.05, 0) is 41.8 Å². The fourth-order valence-electron chi connectivity index (χ4n) is 4.87. The van der Waals surface area contributed by atoms with E-state index >= 15 is 0 Å². The molecule has 5 nitrogen and oxygen atoms in total. The summed E-state index contributed by atoms with van der Waals surface area (Å²) in [4.78, 5) is 18.4. The first-order valence-corrected chi connectivity index (χ1v) is 10.8. The van der Waals surface area contributed by atoms with Crippen LogP contribution in [0, 0.1) is 5.95 Å². The summed E-state index contributed by atoms with van der Waals surface area (Å²) >= 11 is 0. The van der Waals surface area contributed by atoms with E-state index < -0.39 is 11.4 Å². The molecule has 4 aromatic rings. The molecule has 164 valence electrons. The molecule has 6 heteroatoms. The second-order valence-corrected chi connectivity index (χ2v) is 8.13. The fourth-order valence-corrected chi connectivity index (χ4v) is 4.87. The number of hydrogen-bond acceptors (Lipinski definition) is 4. The van der Waals surface area contributed by atoms with Gasteiger partial charge in [-0.25, -0.2) is 15.2 Å². The molecule has 2 N–H and O–H groups in total. The lowest BCUT2D eigenvalue weighted by molar-refractivity contribution is -0.134. The summed E-state index contributed by atoms with van der Waals surface area (Å²) in [6.45, 7) is 0. The molecule has 1 aromatic heterocycles. The number of carbonyl (C=O) groups excluding carboxylic acids is 1. The fraction of sp³-hybridized carbons (Fsp3) is 0.111. The van der Waals surface area contributed by atoms with Gasteiger partial charge in [-0.2, -0.15) is 4.39 Å². The second kappa shape index (κ2) is 8.24. The number of aromatic nitrogens is 1. The number of anilines is 1. The molecule has 2 atom stereocenters. The van der Waals surface area contributed by atoms with E-state index in [0.29, 0.717) is 12.0 Å². The number of carbonyl (C=O) groups is 1. The van der Waals surface area contributed by atoms with Crippen LogP contribution in [0.3, 0.4) is 0 Å². The Bertz CT molecular complexity index is 1300. The first-order valence-electron chi connectivity index (χ1n) is 10.8. The Morgan fingerprint density at radius 2 is 1.58 bits per heavy atom. The molecule has 0 saturated heterocycles. The van der Waals surface area contributed by atoms with E-state index in [4.69, 9.17) is 0 Å². The average Bonchev–Trinajstić information content (AvgIpc) is 3.06. The molecule has 0 radical (unpaired) electrons. The van der Waals surface area contributed by atoms with E-state index in [-0.39, 0.29) is 10.6 Å². The number of amides is 1. The molecule has 0 saturated carbocycles. The van der Waals surface area contributed by atoms with Crippen LogP contribution in [0.2, 0.25) is 0 Å². The van der Waals surface area contributed by atoms with Crippen molar-refractivity contribution in [3.8, 4) is 0 Å². The minimum absolute atomic E-state index is 0.0986. The lowest BCUT2D eigenvalue weighted by Crippen LogP contribution is -2.67. The zero-order valence-electron chi connectivity index (χ0n) is 18.2. The van der Waals surface area contributed by atoms with Crippen LogP contribution in [-0.4, -0.2) is 17.9 Å². The molecule has 0 fully saturated rings. The van der Waals surface area contributed by atoms with Crippen molar-refractivity contribution in [3.05, 3.63) is 126 Å². The summed E-state index contributed by atoms with van der Waals surface area (Å²) in [6.07, 6.45) is 1.74. The third-order valence-corrected chi connectivity index (χ3v) is 6.33. The Labute approximate surface area is 192 Å². The van der Waals surface area contributed by atoms with Crippen molar-refractivity contribution in [2.75, 3.05) is 12.5 Å². The quantitative estimate of drug-likeness (QED) is 0.336. The number of nitrogens with zero attached hydrogens (tertiary/aromatic N) is 2. The monoisotopic (exact) mass is 439 g/mol. The maximum absolute atomic E-state index is 14.7. The van der Waals surface area contributed by atoms with E-state index in [9.17, 15) is 9.18 Å². The number of halogens is 1. The first-order chi connectivity index (χ1) is 16.1. The summed E-state index contributed by atoms with van der Waals surface area (Å²) in [6, 6.07) is 30.3. The summed E-state index contributed by atoms with van der Waals surface area (Å²) in [5.41, 5.74) is 9.64. The Morgan fingerprint density at radius 1 is 0.909 bits per heavy atom. The minimum Gasteiger partial charge on any atom is -0.228 e. The third-order valence-electron chi connectivity index (χ3n) is 6.33. The summed E-state index contributed by atoms with van der Waals surface area (Å²) in [7, 11) is 1.76. The van der Waals surface area contributed by atoms with Crippen molar-refractivity contribution in [1.82, 2.24) is 15.1 Å². The molecular formula is C27H24FN4O+.